The third kappa shape index (κ3) is 2.02. The topological polar surface area (TPSA) is 38.9 Å². The number of aryl methyl sites for hydroxylation is 1. The SMILES string of the molecule is Cc1ccc(-c2ncc(-c3cccnc3)o2)cc1. The standard InChI is InChI=1S/C15H12N2O/c1-11-4-6-12(7-5-11)15-17-10-14(18-15)13-3-2-8-16-9-13/h2-10H,1H3. The zero-order valence-corrected chi connectivity index (χ0v) is 10.00. The first-order chi connectivity index (χ1) is 8.83. The molecule has 3 rings (SSSR count). The summed E-state index contributed by atoms with van der Waals surface area (Å²) in [7, 11) is 0. The number of hydrogen-bond donors (Lipinski definition) is 0. The van der Waals surface area contributed by atoms with Gasteiger partial charge in [0.15, 0.2) is 5.76 Å². The van der Waals surface area contributed by atoms with Crippen LogP contribution in [0, 0.1) is 6.92 Å². The van der Waals surface area contributed by atoms with Crippen LogP contribution in [-0.2, 0) is 0 Å². The van der Waals surface area contributed by atoms with Crippen LogP contribution < -0.4 is 0 Å². The van der Waals surface area contributed by atoms with Crippen LogP contribution in [0.3, 0.4) is 0 Å². The highest BCUT2D eigenvalue weighted by Crippen LogP contribution is 2.25. The van der Waals surface area contributed by atoms with E-state index < -0.39 is 0 Å². The van der Waals surface area contributed by atoms with Crippen molar-refractivity contribution in [2.45, 2.75) is 6.92 Å². The molecule has 3 aromatic rings. The second-order valence-corrected chi connectivity index (χ2v) is 4.14. The van der Waals surface area contributed by atoms with Gasteiger partial charge in [0.2, 0.25) is 5.89 Å². The Balaban J connectivity index is 1.97. The van der Waals surface area contributed by atoms with Crippen molar-refractivity contribution in [1.82, 2.24) is 9.97 Å². The van der Waals surface area contributed by atoms with Crippen molar-refractivity contribution in [2.24, 2.45) is 0 Å². The molecular formula is C15H12N2O. The molecule has 0 fully saturated rings. The summed E-state index contributed by atoms with van der Waals surface area (Å²) in [6, 6.07) is 11.9. The molecular weight excluding hydrogens is 224 g/mol. The van der Waals surface area contributed by atoms with E-state index in [0.717, 1.165) is 16.9 Å². The number of hydrogen-bond acceptors (Lipinski definition) is 3. The van der Waals surface area contributed by atoms with E-state index in [4.69, 9.17) is 4.42 Å². The molecule has 0 aliphatic heterocycles. The van der Waals surface area contributed by atoms with Crippen LogP contribution in [0.1, 0.15) is 5.56 Å². The van der Waals surface area contributed by atoms with Crippen LogP contribution in [0.2, 0.25) is 0 Å². The molecule has 0 amide bonds. The lowest BCUT2D eigenvalue weighted by atomic mass is 10.1. The normalized spacial score (nSPS) is 10.5. The fourth-order valence-electron chi connectivity index (χ4n) is 1.75. The Hall–Kier alpha value is -2.42. The summed E-state index contributed by atoms with van der Waals surface area (Å²) < 4.78 is 5.74. The molecule has 3 nitrogen and oxygen atoms in total. The maximum Gasteiger partial charge on any atom is 0.226 e. The molecule has 0 N–H and O–H groups in total. The fourth-order valence-corrected chi connectivity index (χ4v) is 1.75. The monoisotopic (exact) mass is 236 g/mol. The number of rotatable bonds is 2. The molecule has 3 heteroatoms. The van der Waals surface area contributed by atoms with Gasteiger partial charge in [0, 0.05) is 23.5 Å². The van der Waals surface area contributed by atoms with E-state index in [2.05, 4.69) is 16.9 Å². The van der Waals surface area contributed by atoms with Gasteiger partial charge in [-0.1, -0.05) is 17.7 Å². The highest BCUT2D eigenvalue weighted by molar-refractivity contribution is 5.60. The van der Waals surface area contributed by atoms with Crippen LogP contribution in [0.4, 0.5) is 0 Å². The number of oxazole rings is 1. The minimum atomic E-state index is 0.633. The van der Waals surface area contributed by atoms with Crippen LogP contribution >= 0.6 is 0 Å². The molecule has 2 aromatic heterocycles. The third-order valence-electron chi connectivity index (χ3n) is 2.75. The van der Waals surface area contributed by atoms with Crippen molar-refractivity contribution >= 4 is 0 Å². The lowest BCUT2D eigenvalue weighted by Crippen LogP contribution is -1.77. The number of benzene rings is 1. The summed E-state index contributed by atoms with van der Waals surface area (Å²) >= 11 is 0. The first kappa shape index (κ1) is 10.7. The molecule has 1 aromatic carbocycles. The average molecular weight is 236 g/mol. The third-order valence-corrected chi connectivity index (χ3v) is 2.75. The van der Waals surface area contributed by atoms with Gasteiger partial charge in [-0.2, -0.15) is 0 Å². The molecule has 18 heavy (non-hydrogen) atoms. The summed E-state index contributed by atoms with van der Waals surface area (Å²) in [4.78, 5) is 8.36. The van der Waals surface area contributed by atoms with Crippen LogP contribution in [0.15, 0.2) is 59.4 Å². The Labute approximate surface area is 105 Å². The molecule has 2 heterocycles. The fraction of sp³-hybridized carbons (Fsp3) is 0.0667. The largest absolute Gasteiger partial charge is 0.436 e. The second-order valence-electron chi connectivity index (χ2n) is 4.14. The van der Waals surface area contributed by atoms with Crippen LogP contribution in [-0.4, -0.2) is 9.97 Å². The maximum absolute atomic E-state index is 5.74. The summed E-state index contributed by atoms with van der Waals surface area (Å²) in [6.45, 7) is 2.06. The number of nitrogens with zero attached hydrogens (tertiary/aromatic N) is 2. The van der Waals surface area contributed by atoms with Gasteiger partial charge in [0.1, 0.15) is 0 Å². The number of pyridine rings is 1. The van der Waals surface area contributed by atoms with E-state index in [9.17, 15) is 0 Å². The van der Waals surface area contributed by atoms with Crippen LogP contribution in [0.5, 0.6) is 0 Å². The summed E-state index contributed by atoms with van der Waals surface area (Å²) in [6.07, 6.45) is 5.23. The Morgan fingerprint density at radius 1 is 0.944 bits per heavy atom. The quantitative estimate of drug-likeness (QED) is 0.680. The van der Waals surface area contributed by atoms with Gasteiger partial charge >= 0.3 is 0 Å². The predicted octanol–water partition coefficient (Wildman–Crippen LogP) is 3.71. The predicted molar refractivity (Wildman–Crippen MR) is 69.9 cm³/mol. The Morgan fingerprint density at radius 3 is 2.50 bits per heavy atom. The molecule has 0 spiro atoms. The molecule has 0 saturated heterocycles. The first-order valence-electron chi connectivity index (χ1n) is 5.76. The molecule has 0 atom stereocenters. The molecule has 88 valence electrons. The summed E-state index contributed by atoms with van der Waals surface area (Å²) in [5.74, 6) is 1.37. The molecule has 0 bridgehead atoms. The second kappa shape index (κ2) is 4.45. The Morgan fingerprint density at radius 2 is 1.78 bits per heavy atom. The average Bonchev–Trinajstić information content (AvgIpc) is 2.90. The van der Waals surface area contributed by atoms with Gasteiger partial charge in [-0.05, 0) is 31.2 Å². The molecule has 0 aliphatic carbocycles. The van der Waals surface area contributed by atoms with Crippen molar-refractivity contribution in [3.8, 4) is 22.8 Å². The lowest BCUT2D eigenvalue weighted by molar-refractivity contribution is 0.588. The lowest BCUT2D eigenvalue weighted by Gasteiger charge is -1.97. The Bertz CT molecular complexity index is 642. The van der Waals surface area contributed by atoms with Gasteiger partial charge in [-0.15, -0.1) is 0 Å². The van der Waals surface area contributed by atoms with Gasteiger partial charge < -0.3 is 4.42 Å². The minimum absolute atomic E-state index is 0.633. The van der Waals surface area contributed by atoms with E-state index in [1.54, 1.807) is 18.6 Å². The zero-order chi connectivity index (χ0) is 12.4. The van der Waals surface area contributed by atoms with Gasteiger partial charge in [0.25, 0.3) is 0 Å². The smallest absolute Gasteiger partial charge is 0.226 e. The van der Waals surface area contributed by atoms with Crippen molar-refractivity contribution in [3.05, 3.63) is 60.6 Å². The van der Waals surface area contributed by atoms with Crippen molar-refractivity contribution in [2.75, 3.05) is 0 Å². The Kier molecular flexibility index (Phi) is 2.65. The van der Waals surface area contributed by atoms with E-state index in [-0.39, 0.29) is 0 Å². The van der Waals surface area contributed by atoms with Crippen molar-refractivity contribution < 1.29 is 4.42 Å². The van der Waals surface area contributed by atoms with E-state index >= 15 is 0 Å². The van der Waals surface area contributed by atoms with Gasteiger partial charge in [0.05, 0.1) is 6.20 Å². The molecule has 0 radical (unpaired) electrons. The van der Waals surface area contributed by atoms with Gasteiger partial charge in [-0.25, -0.2) is 4.98 Å². The number of aromatic nitrogens is 2. The molecule has 0 aliphatic rings. The molecule has 0 unspecified atom stereocenters. The van der Waals surface area contributed by atoms with Crippen molar-refractivity contribution in [1.29, 1.82) is 0 Å². The highest BCUT2D eigenvalue weighted by Gasteiger charge is 2.07. The van der Waals surface area contributed by atoms with E-state index in [1.165, 1.54) is 5.56 Å². The minimum Gasteiger partial charge on any atom is -0.436 e. The zero-order valence-electron chi connectivity index (χ0n) is 10.00. The first-order valence-corrected chi connectivity index (χ1v) is 5.76. The summed E-state index contributed by atoms with van der Waals surface area (Å²) in [5.41, 5.74) is 3.14. The van der Waals surface area contributed by atoms with E-state index in [1.807, 2.05) is 36.4 Å². The van der Waals surface area contributed by atoms with Crippen LogP contribution in [0.25, 0.3) is 22.8 Å². The summed E-state index contributed by atoms with van der Waals surface area (Å²) in [5, 5.41) is 0. The highest BCUT2D eigenvalue weighted by atomic mass is 16.4. The molecule has 0 saturated carbocycles. The van der Waals surface area contributed by atoms with Gasteiger partial charge in [-0.3, -0.25) is 4.98 Å². The van der Waals surface area contributed by atoms with Crippen molar-refractivity contribution in [3.63, 3.8) is 0 Å². The maximum atomic E-state index is 5.74. The van der Waals surface area contributed by atoms with E-state index in [0.29, 0.717) is 5.89 Å².